The summed E-state index contributed by atoms with van der Waals surface area (Å²) in [7, 11) is 0. The Morgan fingerprint density at radius 3 is 2.69 bits per heavy atom. The van der Waals surface area contributed by atoms with E-state index >= 15 is 0 Å². The molecule has 0 aromatic rings. The van der Waals surface area contributed by atoms with Gasteiger partial charge >= 0.3 is 0 Å². The van der Waals surface area contributed by atoms with Crippen molar-refractivity contribution < 1.29 is 5.11 Å². The van der Waals surface area contributed by atoms with Crippen molar-refractivity contribution in [3.63, 3.8) is 0 Å². The van der Waals surface area contributed by atoms with Gasteiger partial charge in [0.2, 0.25) is 0 Å². The van der Waals surface area contributed by atoms with E-state index in [1.54, 1.807) is 0 Å². The highest BCUT2D eigenvalue weighted by Gasteiger charge is 2.35. The standard InChI is InChI=1S/C11H22OS/c1-9(2)5-4-6-11(12)7-10(3)13-8-11/h9-10,12H,4-8H2,1-3H3. The van der Waals surface area contributed by atoms with Gasteiger partial charge in [-0.2, -0.15) is 11.8 Å². The van der Waals surface area contributed by atoms with Gasteiger partial charge in [0.25, 0.3) is 0 Å². The molecule has 0 aromatic carbocycles. The van der Waals surface area contributed by atoms with Crippen molar-refractivity contribution in [3.05, 3.63) is 0 Å². The average Bonchev–Trinajstić information content (AvgIpc) is 2.30. The molecule has 1 heterocycles. The first-order valence-electron chi connectivity index (χ1n) is 5.36. The molecule has 1 saturated heterocycles. The maximum atomic E-state index is 10.2. The largest absolute Gasteiger partial charge is 0.389 e. The Labute approximate surface area is 86.3 Å². The lowest BCUT2D eigenvalue weighted by Crippen LogP contribution is -2.28. The highest BCUT2D eigenvalue weighted by atomic mass is 32.2. The van der Waals surface area contributed by atoms with E-state index in [2.05, 4.69) is 20.8 Å². The molecule has 2 unspecified atom stereocenters. The predicted octanol–water partition coefficient (Wildman–Crippen LogP) is 3.07. The van der Waals surface area contributed by atoms with Crippen LogP contribution in [-0.4, -0.2) is 21.7 Å². The maximum absolute atomic E-state index is 10.2. The van der Waals surface area contributed by atoms with Crippen LogP contribution in [0, 0.1) is 5.92 Å². The van der Waals surface area contributed by atoms with Gasteiger partial charge in [-0.25, -0.2) is 0 Å². The second-order valence-electron chi connectivity index (χ2n) is 4.84. The summed E-state index contributed by atoms with van der Waals surface area (Å²) in [5.41, 5.74) is -0.334. The molecule has 0 spiro atoms. The summed E-state index contributed by atoms with van der Waals surface area (Å²) in [6, 6.07) is 0. The van der Waals surface area contributed by atoms with Crippen LogP contribution in [0.15, 0.2) is 0 Å². The maximum Gasteiger partial charge on any atom is 0.0748 e. The van der Waals surface area contributed by atoms with Crippen LogP contribution in [0.3, 0.4) is 0 Å². The minimum absolute atomic E-state index is 0.334. The fourth-order valence-corrected chi connectivity index (χ4v) is 3.25. The second-order valence-corrected chi connectivity index (χ2v) is 6.26. The zero-order chi connectivity index (χ0) is 9.90. The van der Waals surface area contributed by atoms with Gasteiger partial charge in [-0.1, -0.05) is 33.6 Å². The van der Waals surface area contributed by atoms with Crippen LogP contribution in [0.2, 0.25) is 0 Å². The molecule has 2 atom stereocenters. The highest BCUT2D eigenvalue weighted by molar-refractivity contribution is 8.00. The summed E-state index contributed by atoms with van der Waals surface area (Å²) in [5, 5.41) is 10.8. The molecule has 13 heavy (non-hydrogen) atoms. The third-order valence-electron chi connectivity index (χ3n) is 2.73. The van der Waals surface area contributed by atoms with Crippen molar-refractivity contribution in [1.82, 2.24) is 0 Å². The molecule has 0 saturated carbocycles. The van der Waals surface area contributed by atoms with E-state index in [1.165, 1.54) is 12.8 Å². The Balaban J connectivity index is 2.20. The van der Waals surface area contributed by atoms with E-state index < -0.39 is 0 Å². The molecule has 1 rings (SSSR count). The van der Waals surface area contributed by atoms with Gasteiger partial charge < -0.3 is 5.11 Å². The number of hydrogen-bond donors (Lipinski definition) is 1. The molecule has 1 nitrogen and oxygen atoms in total. The first-order valence-corrected chi connectivity index (χ1v) is 6.41. The summed E-state index contributed by atoms with van der Waals surface area (Å²) < 4.78 is 0. The monoisotopic (exact) mass is 202 g/mol. The van der Waals surface area contributed by atoms with Gasteiger partial charge in [0, 0.05) is 11.0 Å². The minimum Gasteiger partial charge on any atom is -0.389 e. The van der Waals surface area contributed by atoms with Crippen molar-refractivity contribution in [3.8, 4) is 0 Å². The fourth-order valence-electron chi connectivity index (χ4n) is 1.96. The van der Waals surface area contributed by atoms with E-state index in [1.807, 2.05) is 11.8 Å². The molecule has 0 aliphatic carbocycles. The van der Waals surface area contributed by atoms with Gasteiger partial charge in [-0.15, -0.1) is 0 Å². The van der Waals surface area contributed by atoms with Gasteiger partial charge in [-0.05, 0) is 18.8 Å². The first kappa shape index (κ1) is 11.4. The normalized spacial score (nSPS) is 34.4. The Morgan fingerprint density at radius 1 is 1.54 bits per heavy atom. The third-order valence-corrected chi connectivity index (χ3v) is 4.17. The van der Waals surface area contributed by atoms with Crippen LogP contribution in [0.5, 0.6) is 0 Å². The molecule has 0 radical (unpaired) electrons. The van der Waals surface area contributed by atoms with Crippen molar-refractivity contribution >= 4 is 11.8 Å². The first-order chi connectivity index (χ1) is 6.02. The van der Waals surface area contributed by atoms with Crippen molar-refractivity contribution in [2.45, 2.75) is 57.3 Å². The Kier molecular flexibility index (Phi) is 4.11. The molecule has 1 aliphatic heterocycles. The number of thioether (sulfide) groups is 1. The van der Waals surface area contributed by atoms with E-state index in [0.29, 0.717) is 5.25 Å². The van der Waals surface area contributed by atoms with Crippen LogP contribution in [0.1, 0.15) is 46.5 Å². The number of hydrogen-bond acceptors (Lipinski definition) is 2. The number of rotatable bonds is 4. The SMILES string of the molecule is CC(C)CCCC1(O)CSC(C)C1. The zero-order valence-corrected chi connectivity index (χ0v) is 9.86. The lowest BCUT2D eigenvalue weighted by Gasteiger charge is -2.21. The van der Waals surface area contributed by atoms with Gasteiger partial charge in [0.1, 0.15) is 0 Å². The Hall–Kier alpha value is 0.310. The summed E-state index contributed by atoms with van der Waals surface area (Å²) in [6.07, 6.45) is 4.43. The fraction of sp³-hybridized carbons (Fsp3) is 1.00. The molecule has 2 heteroatoms. The predicted molar refractivity (Wildman–Crippen MR) is 60.2 cm³/mol. The van der Waals surface area contributed by atoms with Gasteiger partial charge in [0.15, 0.2) is 0 Å². The van der Waals surface area contributed by atoms with Crippen LogP contribution in [0.4, 0.5) is 0 Å². The summed E-state index contributed by atoms with van der Waals surface area (Å²) in [5.74, 6) is 1.72. The van der Waals surface area contributed by atoms with Crippen molar-refractivity contribution in [2.75, 3.05) is 5.75 Å². The smallest absolute Gasteiger partial charge is 0.0748 e. The molecule has 1 aliphatic rings. The number of aliphatic hydroxyl groups is 1. The summed E-state index contributed by atoms with van der Waals surface area (Å²) in [4.78, 5) is 0. The second kappa shape index (κ2) is 4.70. The van der Waals surface area contributed by atoms with E-state index in [4.69, 9.17) is 0 Å². The van der Waals surface area contributed by atoms with E-state index in [0.717, 1.165) is 24.5 Å². The molecule has 1 fully saturated rings. The van der Waals surface area contributed by atoms with Gasteiger partial charge in [-0.3, -0.25) is 0 Å². The van der Waals surface area contributed by atoms with Crippen LogP contribution in [0.25, 0.3) is 0 Å². The third kappa shape index (κ3) is 3.90. The topological polar surface area (TPSA) is 20.2 Å². The molecular weight excluding hydrogens is 180 g/mol. The molecule has 0 amide bonds. The van der Waals surface area contributed by atoms with Crippen LogP contribution < -0.4 is 0 Å². The minimum atomic E-state index is -0.334. The molecule has 0 aromatic heterocycles. The molecule has 0 bridgehead atoms. The lowest BCUT2D eigenvalue weighted by molar-refractivity contribution is 0.0512. The lowest BCUT2D eigenvalue weighted by atomic mass is 9.92. The summed E-state index contributed by atoms with van der Waals surface area (Å²) >= 11 is 1.91. The van der Waals surface area contributed by atoms with Crippen LogP contribution >= 0.6 is 11.8 Å². The quantitative estimate of drug-likeness (QED) is 0.756. The molecular formula is C11H22OS. The summed E-state index contributed by atoms with van der Waals surface area (Å²) in [6.45, 7) is 6.71. The molecule has 1 N–H and O–H groups in total. The zero-order valence-electron chi connectivity index (χ0n) is 9.05. The molecule has 78 valence electrons. The van der Waals surface area contributed by atoms with Gasteiger partial charge in [0.05, 0.1) is 5.60 Å². The van der Waals surface area contributed by atoms with Crippen molar-refractivity contribution in [1.29, 1.82) is 0 Å². The highest BCUT2D eigenvalue weighted by Crippen LogP contribution is 2.37. The van der Waals surface area contributed by atoms with Crippen LogP contribution in [-0.2, 0) is 0 Å². The Morgan fingerprint density at radius 2 is 2.23 bits per heavy atom. The van der Waals surface area contributed by atoms with Crippen molar-refractivity contribution in [2.24, 2.45) is 5.92 Å². The van der Waals surface area contributed by atoms with E-state index in [-0.39, 0.29) is 5.60 Å². The Bertz CT molecular complexity index is 158. The average molecular weight is 202 g/mol. The van der Waals surface area contributed by atoms with E-state index in [9.17, 15) is 5.11 Å².